The third-order valence-corrected chi connectivity index (χ3v) is 2.55. The predicted molar refractivity (Wildman–Crippen MR) is 65.0 cm³/mol. The van der Waals surface area contributed by atoms with E-state index in [4.69, 9.17) is 4.74 Å². The van der Waals surface area contributed by atoms with Gasteiger partial charge in [0, 0.05) is 23.8 Å². The number of nitrogens with zero attached hydrogens (tertiary/aromatic N) is 1. The lowest BCUT2D eigenvalue weighted by atomic mass is 10.0. The molecule has 0 fully saturated rings. The van der Waals surface area contributed by atoms with E-state index >= 15 is 0 Å². The first-order valence-electron chi connectivity index (χ1n) is 5.20. The molecule has 5 heteroatoms. The first-order valence-corrected chi connectivity index (χ1v) is 5.20. The van der Waals surface area contributed by atoms with Gasteiger partial charge in [0.1, 0.15) is 11.6 Å². The van der Waals surface area contributed by atoms with Crippen molar-refractivity contribution in [1.82, 2.24) is 0 Å². The zero-order valence-electron chi connectivity index (χ0n) is 9.59. The molecule has 0 aliphatic heterocycles. The van der Waals surface area contributed by atoms with Crippen LogP contribution in [0.3, 0.4) is 0 Å². The van der Waals surface area contributed by atoms with E-state index in [0.717, 1.165) is 5.56 Å². The summed E-state index contributed by atoms with van der Waals surface area (Å²) in [6, 6.07) is 10.2. The van der Waals surface area contributed by atoms with Gasteiger partial charge < -0.3 is 4.74 Å². The second-order valence-electron chi connectivity index (χ2n) is 3.65. The summed E-state index contributed by atoms with van der Waals surface area (Å²) in [4.78, 5) is 10.1. The molecule has 0 spiro atoms. The van der Waals surface area contributed by atoms with Crippen molar-refractivity contribution in [1.29, 1.82) is 0 Å². The summed E-state index contributed by atoms with van der Waals surface area (Å²) in [5.41, 5.74) is 1.44. The number of hydrogen-bond acceptors (Lipinski definition) is 3. The summed E-state index contributed by atoms with van der Waals surface area (Å²) in [6.07, 6.45) is 0. The molecule has 18 heavy (non-hydrogen) atoms. The van der Waals surface area contributed by atoms with E-state index in [9.17, 15) is 14.5 Å². The Morgan fingerprint density at radius 1 is 1.17 bits per heavy atom. The third-order valence-electron chi connectivity index (χ3n) is 2.55. The topological polar surface area (TPSA) is 52.4 Å². The fraction of sp³-hybridized carbons (Fsp3) is 0.0769. The average molecular weight is 247 g/mol. The Kier molecular flexibility index (Phi) is 3.23. The van der Waals surface area contributed by atoms with Crippen LogP contribution in [0, 0.1) is 15.9 Å². The van der Waals surface area contributed by atoms with Crippen molar-refractivity contribution in [2.24, 2.45) is 0 Å². The molecule has 0 aliphatic carbocycles. The van der Waals surface area contributed by atoms with Gasteiger partial charge in [0.2, 0.25) is 0 Å². The monoisotopic (exact) mass is 247 g/mol. The number of benzene rings is 2. The van der Waals surface area contributed by atoms with Crippen LogP contribution >= 0.6 is 0 Å². The van der Waals surface area contributed by atoms with Crippen LogP contribution < -0.4 is 4.74 Å². The molecule has 2 rings (SSSR count). The third kappa shape index (κ3) is 2.29. The highest BCUT2D eigenvalue weighted by Gasteiger charge is 2.09. The molecule has 2 aromatic rings. The number of nitro benzene ring substituents is 1. The minimum atomic E-state index is -0.467. The predicted octanol–water partition coefficient (Wildman–Crippen LogP) is 3.41. The second-order valence-corrected chi connectivity index (χ2v) is 3.65. The first-order chi connectivity index (χ1) is 8.61. The highest BCUT2D eigenvalue weighted by atomic mass is 19.1. The number of hydrogen-bond donors (Lipinski definition) is 0. The summed E-state index contributed by atoms with van der Waals surface area (Å²) in [5, 5.41) is 10.5. The standard InChI is InChI=1S/C13H10FNO3/c1-18-13-8-10(14)4-7-12(13)9-2-5-11(6-3-9)15(16)17/h2-8H,1H3. The molecule has 0 atom stereocenters. The van der Waals surface area contributed by atoms with Gasteiger partial charge in [-0.25, -0.2) is 4.39 Å². The maximum absolute atomic E-state index is 13.1. The molecular formula is C13H10FNO3. The molecule has 0 N–H and O–H groups in total. The maximum Gasteiger partial charge on any atom is 0.269 e. The van der Waals surface area contributed by atoms with Gasteiger partial charge in [-0.05, 0) is 29.8 Å². The van der Waals surface area contributed by atoms with Crippen molar-refractivity contribution in [2.75, 3.05) is 7.11 Å². The number of non-ortho nitro benzene ring substituents is 1. The van der Waals surface area contributed by atoms with Gasteiger partial charge in [-0.3, -0.25) is 10.1 Å². The number of methoxy groups -OCH3 is 1. The second kappa shape index (κ2) is 4.83. The maximum atomic E-state index is 13.1. The first kappa shape index (κ1) is 12.0. The van der Waals surface area contributed by atoms with Crippen LogP contribution in [0.1, 0.15) is 0 Å². The van der Waals surface area contributed by atoms with Crippen LogP contribution in [-0.4, -0.2) is 12.0 Å². The van der Waals surface area contributed by atoms with Crippen LogP contribution in [0.5, 0.6) is 5.75 Å². The average Bonchev–Trinajstić information content (AvgIpc) is 2.38. The van der Waals surface area contributed by atoms with Crippen molar-refractivity contribution in [3.8, 4) is 16.9 Å². The molecule has 0 saturated carbocycles. The minimum Gasteiger partial charge on any atom is -0.496 e. The van der Waals surface area contributed by atoms with Gasteiger partial charge in [-0.1, -0.05) is 0 Å². The normalized spacial score (nSPS) is 10.1. The smallest absolute Gasteiger partial charge is 0.269 e. The number of ether oxygens (including phenoxy) is 1. The van der Waals surface area contributed by atoms with E-state index in [1.807, 2.05) is 0 Å². The summed E-state index contributed by atoms with van der Waals surface area (Å²) >= 11 is 0. The van der Waals surface area contributed by atoms with Crippen LogP contribution in [0.4, 0.5) is 10.1 Å². The largest absolute Gasteiger partial charge is 0.496 e. The summed E-state index contributed by atoms with van der Waals surface area (Å²) in [7, 11) is 1.45. The summed E-state index contributed by atoms with van der Waals surface area (Å²) < 4.78 is 18.1. The zero-order chi connectivity index (χ0) is 13.1. The number of halogens is 1. The molecule has 0 saturated heterocycles. The highest BCUT2D eigenvalue weighted by Crippen LogP contribution is 2.31. The Morgan fingerprint density at radius 2 is 1.83 bits per heavy atom. The van der Waals surface area contributed by atoms with E-state index in [2.05, 4.69) is 0 Å². The minimum absolute atomic E-state index is 0.0137. The molecule has 2 aromatic carbocycles. The van der Waals surface area contributed by atoms with E-state index < -0.39 is 10.7 Å². The van der Waals surface area contributed by atoms with E-state index in [1.165, 1.54) is 31.4 Å². The van der Waals surface area contributed by atoms with Gasteiger partial charge in [-0.15, -0.1) is 0 Å². The van der Waals surface area contributed by atoms with Crippen molar-refractivity contribution in [3.63, 3.8) is 0 Å². The highest BCUT2D eigenvalue weighted by molar-refractivity contribution is 5.71. The SMILES string of the molecule is COc1cc(F)ccc1-c1ccc([N+](=O)[O-])cc1. The number of rotatable bonds is 3. The van der Waals surface area contributed by atoms with Gasteiger partial charge in [0.15, 0.2) is 0 Å². The molecule has 0 unspecified atom stereocenters. The van der Waals surface area contributed by atoms with Gasteiger partial charge in [0.25, 0.3) is 5.69 Å². The van der Waals surface area contributed by atoms with E-state index in [1.54, 1.807) is 18.2 Å². The zero-order valence-corrected chi connectivity index (χ0v) is 9.59. The van der Waals surface area contributed by atoms with Crippen molar-refractivity contribution in [2.45, 2.75) is 0 Å². The fourth-order valence-corrected chi connectivity index (χ4v) is 1.67. The Balaban J connectivity index is 2.45. The van der Waals surface area contributed by atoms with Crippen molar-refractivity contribution < 1.29 is 14.1 Å². The van der Waals surface area contributed by atoms with Crippen LogP contribution in [0.2, 0.25) is 0 Å². The van der Waals surface area contributed by atoms with E-state index in [0.29, 0.717) is 11.3 Å². The van der Waals surface area contributed by atoms with Crippen molar-refractivity contribution in [3.05, 3.63) is 58.4 Å². The molecule has 0 radical (unpaired) electrons. The number of nitro groups is 1. The lowest BCUT2D eigenvalue weighted by Gasteiger charge is -2.08. The molecule has 0 aliphatic rings. The molecule has 0 aromatic heterocycles. The molecular weight excluding hydrogens is 237 g/mol. The lowest BCUT2D eigenvalue weighted by molar-refractivity contribution is -0.384. The molecule has 0 bridgehead atoms. The Hall–Kier alpha value is -2.43. The van der Waals surface area contributed by atoms with Gasteiger partial charge in [0.05, 0.1) is 12.0 Å². The molecule has 0 heterocycles. The Morgan fingerprint density at radius 3 is 2.39 bits per heavy atom. The van der Waals surface area contributed by atoms with Crippen LogP contribution in [0.15, 0.2) is 42.5 Å². The molecule has 4 nitrogen and oxygen atoms in total. The molecule has 0 amide bonds. The quantitative estimate of drug-likeness (QED) is 0.617. The fourth-order valence-electron chi connectivity index (χ4n) is 1.67. The van der Waals surface area contributed by atoms with Crippen molar-refractivity contribution >= 4 is 5.69 Å². The van der Waals surface area contributed by atoms with Gasteiger partial charge in [-0.2, -0.15) is 0 Å². The Labute approximate surface area is 103 Å². The van der Waals surface area contributed by atoms with Crippen LogP contribution in [0.25, 0.3) is 11.1 Å². The van der Waals surface area contributed by atoms with Crippen LogP contribution in [-0.2, 0) is 0 Å². The Bertz CT molecular complexity index is 581. The van der Waals surface area contributed by atoms with E-state index in [-0.39, 0.29) is 5.69 Å². The summed E-state index contributed by atoms with van der Waals surface area (Å²) in [6.45, 7) is 0. The summed E-state index contributed by atoms with van der Waals surface area (Å²) in [5.74, 6) is 0.00126. The lowest BCUT2D eigenvalue weighted by Crippen LogP contribution is -1.90. The molecule has 92 valence electrons. The van der Waals surface area contributed by atoms with Gasteiger partial charge >= 0.3 is 0 Å².